The monoisotopic (exact) mass is 234 g/mol. The van der Waals surface area contributed by atoms with E-state index >= 15 is 0 Å². The smallest absolute Gasteiger partial charge is 0.108 e. The van der Waals surface area contributed by atoms with Crippen molar-refractivity contribution in [2.24, 2.45) is 5.92 Å². The van der Waals surface area contributed by atoms with Gasteiger partial charge in [-0.1, -0.05) is 0 Å². The molecule has 1 aliphatic heterocycles. The van der Waals surface area contributed by atoms with Crippen molar-refractivity contribution < 1.29 is 4.42 Å². The maximum absolute atomic E-state index is 5.53. The van der Waals surface area contributed by atoms with Crippen LogP contribution in [-0.2, 0) is 6.42 Å². The van der Waals surface area contributed by atoms with Gasteiger partial charge in [-0.3, -0.25) is 0 Å². The van der Waals surface area contributed by atoms with Crippen molar-refractivity contribution >= 4 is 0 Å². The lowest BCUT2D eigenvalue weighted by molar-refractivity contribution is 0.361. The van der Waals surface area contributed by atoms with Crippen LogP contribution in [0.25, 0.3) is 0 Å². The Morgan fingerprint density at radius 3 is 3.24 bits per heavy atom. The van der Waals surface area contributed by atoms with E-state index in [1.807, 2.05) is 6.26 Å². The Hall–Kier alpha value is -0.800. The predicted molar refractivity (Wildman–Crippen MR) is 68.0 cm³/mol. The normalized spacial score (nSPS) is 29.5. The minimum absolute atomic E-state index is 0.531. The van der Waals surface area contributed by atoms with Gasteiger partial charge in [-0.25, -0.2) is 0 Å². The molecule has 1 aliphatic carbocycles. The van der Waals surface area contributed by atoms with E-state index in [0.717, 1.165) is 18.9 Å². The molecule has 1 aromatic heterocycles. The molecule has 3 rings (SSSR count). The molecule has 1 saturated heterocycles. The van der Waals surface area contributed by atoms with E-state index in [0.29, 0.717) is 6.04 Å². The summed E-state index contributed by atoms with van der Waals surface area (Å²) in [6, 6.07) is 2.68. The zero-order valence-electron chi connectivity index (χ0n) is 10.6. The highest BCUT2D eigenvalue weighted by molar-refractivity contribution is 5.24. The van der Waals surface area contributed by atoms with Gasteiger partial charge in [-0.15, -0.1) is 0 Å². The first kappa shape index (κ1) is 11.3. The summed E-state index contributed by atoms with van der Waals surface area (Å²) >= 11 is 0. The zero-order valence-corrected chi connectivity index (χ0v) is 10.6. The van der Waals surface area contributed by atoms with Crippen LogP contribution >= 0.6 is 0 Å². The first-order valence-corrected chi connectivity index (χ1v) is 6.81. The molecule has 1 fully saturated rings. The SMILES string of the molecule is CN1CCC(CNC2CCCc3occc32)C1. The molecule has 0 saturated carbocycles. The molecule has 17 heavy (non-hydrogen) atoms. The number of aryl methyl sites for hydroxylation is 1. The third kappa shape index (κ3) is 2.40. The van der Waals surface area contributed by atoms with Gasteiger partial charge in [0.2, 0.25) is 0 Å². The highest BCUT2D eigenvalue weighted by Gasteiger charge is 2.24. The van der Waals surface area contributed by atoms with Crippen molar-refractivity contribution in [3.05, 3.63) is 23.7 Å². The average molecular weight is 234 g/mol. The molecule has 1 aromatic rings. The molecule has 94 valence electrons. The number of nitrogens with zero attached hydrogens (tertiary/aromatic N) is 1. The number of nitrogens with one attached hydrogen (secondary N) is 1. The van der Waals surface area contributed by atoms with Crippen LogP contribution in [0.1, 0.15) is 36.6 Å². The zero-order chi connectivity index (χ0) is 11.7. The molecule has 3 heteroatoms. The third-order valence-electron chi connectivity index (χ3n) is 4.19. The first-order chi connectivity index (χ1) is 8.33. The quantitative estimate of drug-likeness (QED) is 0.869. The largest absolute Gasteiger partial charge is 0.469 e. The summed E-state index contributed by atoms with van der Waals surface area (Å²) in [6.07, 6.45) is 6.81. The van der Waals surface area contributed by atoms with Gasteiger partial charge in [0.25, 0.3) is 0 Å². The fourth-order valence-electron chi connectivity index (χ4n) is 3.20. The second kappa shape index (κ2) is 4.83. The molecule has 0 aromatic carbocycles. The van der Waals surface area contributed by atoms with Gasteiger partial charge in [0, 0.05) is 24.6 Å². The van der Waals surface area contributed by atoms with Crippen molar-refractivity contribution in [3.63, 3.8) is 0 Å². The van der Waals surface area contributed by atoms with Gasteiger partial charge < -0.3 is 14.6 Å². The Morgan fingerprint density at radius 2 is 2.41 bits per heavy atom. The molecule has 0 spiro atoms. The van der Waals surface area contributed by atoms with Crippen molar-refractivity contribution in [2.75, 3.05) is 26.7 Å². The Kier molecular flexibility index (Phi) is 3.21. The second-order valence-electron chi connectivity index (χ2n) is 5.57. The summed E-state index contributed by atoms with van der Waals surface area (Å²) in [6.45, 7) is 3.66. The van der Waals surface area contributed by atoms with E-state index in [1.54, 1.807) is 0 Å². The first-order valence-electron chi connectivity index (χ1n) is 6.81. The Balaban J connectivity index is 1.56. The van der Waals surface area contributed by atoms with Crippen LogP contribution in [0.5, 0.6) is 0 Å². The number of hydrogen-bond donors (Lipinski definition) is 1. The van der Waals surface area contributed by atoms with E-state index in [4.69, 9.17) is 4.42 Å². The Morgan fingerprint density at radius 1 is 1.47 bits per heavy atom. The van der Waals surface area contributed by atoms with Crippen molar-refractivity contribution in [3.8, 4) is 0 Å². The van der Waals surface area contributed by atoms with E-state index in [9.17, 15) is 0 Å². The van der Waals surface area contributed by atoms with Gasteiger partial charge in [0.15, 0.2) is 0 Å². The van der Waals surface area contributed by atoms with E-state index in [-0.39, 0.29) is 0 Å². The van der Waals surface area contributed by atoms with Crippen molar-refractivity contribution in [1.29, 1.82) is 0 Å². The molecule has 2 aliphatic rings. The minimum Gasteiger partial charge on any atom is -0.469 e. The summed E-state index contributed by atoms with van der Waals surface area (Å²) < 4.78 is 5.53. The van der Waals surface area contributed by atoms with Gasteiger partial charge in [0.1, 0.15) is 5.76 Å². The summed E-state index contributed by atoms with van der Waals surface area (Å²) in [5.74, 6) is 2.04. The van der Waals surface area contributed by atoms with Gasteiger partial charge in [0.05, 0.1) is 6.26 Å². The van der Waals surface area contributed by atoms with Gasteiger partial charge >= 0.3 is 0 Å². The fourth-order valence-corrected chi connectivity index (χ4v) is 3.20. The molecule has 0 amide bonds. The molecule has 2 heterocycles. The second-order valence-corrected chi connectivity index (χ2v) is 5.57. The maximum Gasteiger partial charge on any atom is 0.108 e. The Labute approximate surface area is 103 Å². The van der Waals surface area contributed by atoms with E-state index < -0.39 is 0 Å². The van der Waals surface area contributed by atoms with Crippen LogP contribution in [0.15, 0.2) is 16.7 Å². The van der Waals surface area contributed by atoms with Crippen LogP contribution in [0.4, 0.5) is 0 Å². The highest BCUT2D eigenvalue weighted by Crippen LogP contribution is 2.30. The molecule has 2 unspecified atom stereocenters. The molecule has 2 atom stereocenters. The lowest BCUT2D eigenvalue weighted by atomic mass is 9.93. The summed E-state index contributed by atoms with van der Waals surface area (Å²) in [7, 11) is 2.22. The number of fused-ring (bicyclic) bond motifs is 1. The van der Waals surface area contributed by atoms with Crippen LogP contribution in [-0.4, -0.2) is 31.6 Å². The van der Waals surface area contributed by atoms with E-state index in [1.165, 1.54) is 43.7 Å². The third-order valence-corrected chi connectivity index (χ3v) is 4.19. The van der Waals surface area contributed by atoms with Crippen molar-refractivity contribution in [1.82, 2.24) is 10.2 Å². The Bertz CT molecular complexity index is 374. The standard InChI is InChI=1S/C14H22N2O/c1-16-7-5-11(10-16)9-15-13-3-2-4-14-12(13)6-8-17-14/h6,8,11,13,15H,2-5,7,9-10H2,1H3. The molecular formula is C14H22N2O. The maximum atomic E-state index is 5.53. The summed E-state index contributed by atoms with van der Waals surface area (Å²) in [5.41, 5.74) is 1.41. The fraction of sp³-hybridized carbons (Fsp3) is 0.714. The van der Waals surface area contributed by atoms with E-state index in [2.05, 4.69) is 23.3 Å². The van der Waals surface area contributed by atoms with Crippen LogP contribution in [0.3, 0.4) is 0 Å². The van der Waals surface area contributed by atoms with Crippen molar-refractivity contribution in [2.45, 2.75) is 31.7 Å². The van der Waals surface area contributed by atoms with Crippen LogP contribution in [0, 0.1) is 5.92 Å². The van der Waals surface area contributed by atoms with Crippen LogP contribution in [0.2, 0.25) is 0 Å². The number of furan rings is 1. The lowest BCUT2D eigenvalue weighted by Gasteiger charge is -2.24. The molecular weight excluding hydrogens is 212 g/mol. The average Bonchev–Trinajstić information content (AvgIpc) is 2.94. The van der Waals surface area contributed by atoms with Gasteiger partial charge in [-0.05, 0) is 51.4 Å². The molecule has 1 N–H and O–H groups in total. The summed E-state index contributed by atoms with van der Waals surface area (Å²) in [5, 5.41) is 3.74. The van der Waals surface area contributed by atoms with Gasteiger partial charge in [-0.2, -0.15) is 0 Å². The predicted octanol–water partition coefficient (Wildman–Crippen LogP) is 2.20. The topological polar surface area (TPSA) is 28.4 Å². The highest BCUT2D eigenvalue weighted by atomic mass is 16.3. The number of rotatable bonds is 3. The summed E-state index contributed by atoms with van der Waals surface area (Å²) in [4.78, 5) is 2.43. The lowest BCUT2D eigenvalue weighted by Crippen LogP contribution is -2.30. The molecule has 0 bridgehead atoms. The number of likely N-dealkylation sites (tertiary alicyclic amines) is 1. The van der Waals surface area contributed by atoms with Crippen LogP contribution < -0.4 is 5.32 Å². The number of hydrogen-bond acceptors (Lipinski definition) is 3. The minimum atomic E-state index is 0.531. The molecule has 0 radical (unpaired) electrons. The molecule has 3 nitrogen and oxygen atoms in total.